The van der Waals surface area contributed by atoms with Crippen LogP contribution in [0, 0.1) is 6.92 Å². The van der Waals surface area contributed by atoms with Crippen LogP contribution in [0.25, 0.3) is 23.0 Å². The molecule has 1 aliphatic rings. The van der Waals surface area contributed by atoms with Gasteiger partial charge in [-0.1, -0.05) is 12.6 Å². The Balaban J connectivity index is 1.73. The highest BCUT2D eigenvalue weighted by Gasteiger charge is 2.25. The summed E-state index contributed by atoms with van der Waals surface area (Å²) in [5.41, 5.74) is 9.48. The van der Waals surface area contributed by atoms with Crippen molar-refractivity contribution in [2.24, 2.45) is 0 Å². The van der Waals surface area contributed by atoms with Gasteiger partial charge in [-0.15, -0.1) is 0 Å². The molecule has 1 saturated carbocycles. The second kappa shape index (κ2) is 7.82. The van der Waals surface area contributed by atoms with Crippen LogP contribution in [0.1, 0.15) is 36.9 Å². The van der Waals surface area contributed by atoms with Gasteiger partial charge in [-0.2, -0.15) is 0 Å². The summed E-state index contributed by atoms with van der Waals surface area (Å²) in [4.78, 5) is 8.78. The number of aryl methyl sites for hydroxylation is 1. The van der Waals surface area contributed by atoms with Crippen LogP contribution >= 0.6 is 0 Å². The molecule has 2 heterocycles. The van der Waals surface area contributed by atoms with Crippen molar-refractivity contribution in [3.05, 3.63) is 48.4 Å². The highest BCUT2D eigenvalue weighted by Crippen LogP contribution is 2.29. The van der Waals surface area contributed by atoms with Crippen LogP contribution in [-0.4, -0.2) is 40.0 Å². The Morgan fingerprint density at radius 2 is 2.03 bits per heavy atom. The molecule has 1 fully saturated rings. The Bertz CT molecular complexity index is 1210. The van der Waals surface area contributed by atoms with Gasteiger partial charge in [0, 0.05) is 17.8 Å². The number of sulfonamides is 1. The molecule has 158 valence electrons. The fourth-order valence-electron chi connectivity index (χ4n) is 3.85. The van der Waals surface area contributed by atoms with Crippen LogP contribution in [-0.2, 0) is 10.0 Å². The number of benzene rings is 1. The van der Waals surface area contributed by atoms with Gasteiger partial charge >= 0.3 is 0 Å². The van der Waals surface area contributed by atoms with E-state index in [-0.39, 0.29) is 22.9 Å². The maximum Gasteiger partial charge on any atom is 0.240 e. The summed E-state index contributed by atoms with van der Waals surface area (Å²) in [6.07, 6.45) is 7.16. The third-order valence-corrected chi connectivity index (χ3v) is 7.08. The smallest absolute Gasteiger partial charge is 0.240 e. The number of hydrogen-bond donors (Lipinski definition) is 3. The highest BCUT2D eigenvalue weighted by atomic mass is 32.2. The summed E-state index contributed by atoms with van der Waals surface area (Å²) in [5, 5.41) is 9.65. The monoisotopic (exact) mass is 427 g/mol. The zero-order valence-electron chi connectivity index (χ0n) is 16.7. The third-order valence-electron chi connectivity index (χ3n) is 5.56. The largest absolute Gasteiger partial charge is 0.393 e. The van der Waals surface area contributed by atoms with E-state index < -0.39 is 10.0 Å². The molecular weight excluding hydrogens is 402 g/mol. The molecule has 0 unspecified atom stereocenters. The molecule has 8 nitrogen and oxygen atoms in total. The lowest BCUT2D eigenvalue weighted by Gasteiger charge is -2.26. The Kier molecular flexibility index (Phi) is 5.35. The van der Waals surface area contributed by atoms with E-state index in [0.717, 1.165) is 16.8 Å². The summed E-state index contributed by atoms with van der Waals surface area (Å²) >= 11 is 0. The summed E-state index contributed by atoms with van der Waals surface area (Å²) < 4.78 is 30.6. The molecular formula is C21H25N5O3S. The quantitative estimate of drug-likeness (QED) is 0.575. The molecule has 0 amide bonds. The molecule has 0 bridgehead atoms. The van der Waals surface area contributed by atoms with Gasteiger partial charge in [0.25, 0.3) is 0 Å². The number of fused-ring (bicyclic) bond motifs is 1. The minimum atomic E-state index is -3.70. The Labute approximate surface area is 175 Å². The minimum Gasteiger partial charge on any atom is -0.393 e. The van der Waals surface area contributed by atoms with E-state index in [2.05, 4.69) is 21.3 Å². The number of aliphatic hydroxyl groups excluding tert-OH is 1. The molecule has 1 aliphatic carbocycles. The second-order valence-corrected chi connectivity index (χ2v) is 9.41. The van der Waals surface area contributed by atoms with Crippen molar-refractivity contribution in [3.8, 4) is 11.3 Å². The molecule has 4 rings (SSSR count). The van der Waals surface area contributed by atoms with E-state index in [9.17, 15) is 13.5 Å². The molecule has 30 heavy (non-hydrogen) atoms. The van der Waals surface area contributed by atoms with Crippen molar-refractivity contribution in [3.63, 3.8) is 0 Å². The third kappa shape index (κ3) is 3.83. The van der Waals surface area contributed by atoms with Crippen molar-refractivity contribution in [1.82, 2.24) is 19.1 Å². The number of nitrogen functional groups attached to an aromatic ring is 1. The highest BCUT2D eigenvalue weighted by molar-refractivity contribution is 7.89. The number of rotatable bonds is 5. The minimum absolute atomic E-state index is 0.167. The Morgan fingerprint density at radius 3 is 2.73 bits per heavy atom. The van der Waals surface area contributed by atoms with Crippen LogP contribution < -0.4 is 10.5 Å². The number of nitrogens with two attached hydrogens (primary N) is 1. The van der Waals surface area contributed by atoms with Gasteiger partial charge in [-0.25, -0.2) is 23.1 Å². The average molecular weight is 428 g/mol. The molecule has 9 heteroatoms. The lowest BCUT2D eigenvalue weighted by Crippen LogP contribution is -2.38. The average Bonchev–Trinajstić information content (AvgIpc) is 3.14. The summed E-state index contributed by atoms with van der Waals surface area (Å²) in [5.74, 6) is 0.279. The first-order chi connectivity index (χ1) is 14.3. The van der Waals surface area contributed by atoms with Crippen molar-refractivity contribution < 1.29 is 13.5 Å². The van der Waals surface area contributed by atoms with Gasteiger partial charge in [-0.3, -0.25) is 4.40 Å². The van der Waals surface area contributed by atoms with Crippen LogP contribution in [0.4, 0.5) is 5.82 Å². The van der Waals surface area contributed by atoms with Gasteiger partial charge in [0.05, 0.1) is 28.6 Å². The first kappa shape index (κ1) is 20.5. The Morgan fingerprint density at radius 1 is 1.30 bits per heavy atom. The SMILES string of the molecule is C=Cc1cn2c(-c3cc(S(=O)(=O)NC4CCC(O)CC4)ccc3C)cnc2c(N)n1. The molecule has 0 radical (unpaired) electrons. The van der Waals surface area contributed by atoms with Crippen molar-refractivity contribution >= 4 is 27.6 Å². The Hall–Kier alpha value is -2.75. The fraction of sp³-hybridized carbons (Fsp3) is 0.333. The van der Waals surface area contributed by atoms with Crippen molar-refractivity contribution in [2.45, 2.75) is 49.6 Å². The van der Waals surface area contributed by atoms with Gasteiger partial charge in [-0.05, 0) is 56.4 Å². The number of anilines is 1. The maximum atomic E-state index is 13.0. The van der Waals surface area contributed by atoms with Crippen molar-refractivity contribution in [2.75, 3.05) is 5.73 Å². The summed E-state index contributed by atoms with van der Waals surface area (Å²) in [6, 6.07) is 4.88. The lowest BCUT2D eigenvalue weighted by molar-refractivity contribution is 0.120. The van der Waals surface area contributed by atoms with Gasteiger partial charge in [0.2, 0.25) is 10.0 Å². The van der Waals surface area contributed by atoms with E-state index in [4.69, 9.17) is 5.73 Å². The number of nitrogens with one attached hydrogen (secondary N) is 1. The van der Waals surface area contributed by atoms with E-state index >= 15 is 0 Å². The predicted molar refractivity (Wildman–Crippen MR) is 116 cm³/mol. The van der Waals surface area contributed by atoms with Crippen LogP contribution in [0.3, 0.4) is 0 Å². The first-order valence-corrected chi connectivity index (χ1v) is 11.3. The molecule has 3 aromatic rings. The van der Waals surface area contributed by atoms with E-state index in [1.807, 2.05) is 6.92 Å². The van der Waals surface area contributed by atoms with Gasteiger partial charge in [0.15, 0.2) is 11.5 Å². The van der Waals surface area contributed by atoms with Gasteiger partial charge < -0.3 is 10.8 Å². The zero-order chi connectivity index (χ0) is 21.5. The fourth-order valence-corrected chi connectivity index (χ4v) is 5.19. The molecule has 0 atom stereocenters. The van der Waals surface area contributed by atoms with Crippen LogP contribution in [0.2, 0.25) is 0 Å². The van der Waals surface area contributed by atoms with E-state index in [1.54, 1.807) is 41.1 Å². The molecule has 1 aromatic carbocycles. The van der Waals surface area contributed by atoms with Crippen molar-refractivity contribution in [1.29, 1.82) is 0 Å². The molecule has 2 aromatic heterocycles. The van der Waals surface area contributed by atoms with E-state index in [0.29, 0.717) is 37.0 Å². The number of aromatic nitrogens is 3. The number of nitrogens with zero attached hydrogens (tertiary/aromatic N) is 3. The van der Waals surface area contributed by atoms with Gasteiger partial charge in [0.1, 0.15) is 0 Å². The zero-order valence-corrected chi connectivity index (χ0v) is 17.6. The van der Waals surface area contributed by atoms with Crippen LogP contribution in [0.15, 0.2) is 42.1 Å². The maximum absolute atomic E-state index is 13.0. The molecule has 4 N–H and O–H groups in total. The molecule has 0 aliphatic heterocycles. The molecule has 0 spiro atoms. The summed E-state index contributed by atoms with van der Waals surface area (Å²) in [6.45, 7) is 5.65. The second-order valence-electron chi connectivity index (χ2n) is 7.70. The molecule has 0 saturated heterocycles. The normalized spacial score (nSPS) is 19.8. The number of aliphatic hydroxyl groups is 1. The van der Waals surface area contributed by atoms with E-state index in [1.165, 1.54) is 0 Å². The summed E-state index contributed by atoms with van der Waals surface area (Å²) in [7, 11) is -3.70. The number of imidazole rings is 1. The standard InChI is InChI=1S/C21H25N5O3S/c1-3-14-12-26-19(11-23-21(26)20(22)24-14)18-10-17(9-4-13(18)2)30(28,29)25-15-5-7-16(27)8-6-15/h3-4,9-12,15-16,25,27H,1,5-8H2,2H3,(H2,22,24). The topological polar surface area (TPSA) is 123 Å². The predicted octanol–water partition coefficient (Wildman–Crippen LogP) is 2.51. The first-order valence-electron chi connectivity index (χ1n) is 9.86. The number of hydrogen-bond acceptors (Lipinski definition) is 6. The lowest BCUT2D eigenvalue weighted by atomic mass is 9.94. The van der Waals surface area contributed by atoms with Crippen LogP contribution in [0.5, 0.6) is 0 Å².